The smallest absolute Gasteiger partial charge is 0.166 e. The Bertz CT molecular complexity index is 1420. The monoisotopic (exact) mass is 598 g/mol. The molecule has 0 saturated heterocycles. The molecule has 0 nitrogen and oxygen atoms in total. The average Bonchev–Trinajstić information content (AvgIpc) is 3.06. The molecule has 0 radical (unpaired) electrons. The van der Waals surface area contributed by atoms with Crippen molar-refractivity contribution in [3.63, 3.8) is 0 Å². The Labute approximate surface area is 263 Å². The molecular formula is C41H49F3. The molecule has 1 saturated carbocycles. The van der Waals surface area contributed by atoms with Gasteiger partial charge in [0.15, 0.2) is 11.6 Å². The fourth-order valence-corrected chi connectivity index (χ4v) is 7.54. The SMILES string of the molecule is CC=CCCCc1ccc(-c2ccc(-c3ccc(C4=CCC(C5CCC(CCCCC)CC5)CC4)cc3F)cc2)c(F)c1F. The molecule has 0 bridgehead atoms. The zero-order valence-electron chi connectivity index (χ0n) is 26.7. The van der Waals surface area contributed by atoms with Crippen molar-refractivity contribution in [1.82, 2.24) is 0 Å². The van der Waals surface area contributed by atoms with E-state index in [9.17, 15) is 8.78 Å². The largest absolute Gasteiger partial charge is 0.206 e. The van der Waals surface area contributed by atoms with Crippen LogP contribution in [0.5, 0.6) is 0 Å². The van der Waals surface area contributed by atoms with Crippen LogP contribution in [0.4, 0.5) is 13.2 Å². The first kappa shape index (κ1) is 32.3. The van der Waals surface area contributed by atoms with Crippen LogP contribution in [-0.2, 0) is 6.42 Å². The lowest BCUT2D eigenvalue weighted by Gasteiger charge is -2.35. The standard InChI is InChI=1S/C41H49F3/c1-3-5-7-9-11-35-24-27-38(41(44)40(35)43)34-22-20-33(21-23-34)37-26-25-36(28-39(37)42)32-18-16-31(17-19-32)30-14-12-29(13-15-30)10-8-6-4-2/h3,5,18,20-31H,4,6-17,19H2,1-2H3. The van der Waals surface area contributed by atoms with Crippen LogP contribution in [0.2, 0.25) is 0 Å². The predicted octanol–water partition coefficient (Wildman–Crippen LogP) is 12.9. The van der Waals surface area contributed by atoms with Gasteiger partial charge in [-0.3, -0.25) is 0 Å². The summed E-state index contributed by atoms with van der Waals surface area (Å²) in [6.07, 6.45) is 22.9. The van der Waals surface area contributed by atoms with Crippen LogP contribution in [0.3, 0.4) is 0 Å². The van der Waals surface area contributed by atoms with Gasteiger partial charge in [0.25, 0.3) is 0 Å². The second kappa shape index (κ2) is 15.8. The van der Waals surface area contributed by atoms with E-state index in [1.807, 2.05) is 31.2 Å². The quantitative estimate of drug-likeness (QED) is 0.144. The van der Waals surface area contributed by atoms with Gasteiger partial charge in [0.05, 0.1) is 0 Å². The summed E-state index contributed by atoms with van der Waals surface area (Å²) in [5.41, 5.74) is 4.69. The Morgan fingerprint density at radius 1 is 0.727 bits per heavy atom. The number of halogens is 3. The molecule has 0 spiro atoms. The van der Waals surface area contributed by atoms with E-state index >= 15 is 4.39 Å². The van der Waals surface area contributed by atoms with Crippen LogP contribution in [0, 0.1) is 35.2 Å². The third kappa shape index (κ3) is 7.95. The minimum absolute atomic E-state index is 0.227. The Balaban J connectivity index is 1.19. The molecule has 0 aliphatic heterocycles. The molecule has 0 aromatic heterocycles. The van der Waals surface area contributed by atoms with Crippen molar-refractivity contribution >= 4 is 5.57 Å². The van der Waals surface area contributed by atoms with Crippen molar-refractivity contribution in [3.8, 4) is 22.3 Å². The molecule has 0 N–H and O–H groups in total. The maximum absolute atomic E-state index is 15.4. The van der Waals surface area contributed by atoms with E-state index in [4.69, 9.17) is 0 Å². The Hall–Kier alpha value is -3.07. The molecular weight excluding hydrogens is 549 g/mol. The van der Waals surface area contributed by atoms with E-state index in [1.165, 1.54) is 63.4 Å². The molecule has 0 amide bonds. The van der Waals surface area contributed by atoms with E-state index in [0.717, 1.165) is 54.6 Å². The van der Waals surface area contributed by atoms with Crippen LogP contribution in [-0.4, -0.2) is 0 Å². The molecule has 3 heteroatoms. The second-order valence-electron chi connectivity index (χ2n) is 13.2. The summed E-state index contributed by atoms with van der Waals surface area (Å²) in [5, 5.41) is 0. The first-order valence-corrected chi connectivity index (χ1v) is 17.2. The summed E-state index contributed by atoms with van der Waals surface area (Å²) in [5.74, 6) is 0.726. The van der Waals surface area contributed by atoms with Crippen LogP contribution in [0.25, 0.3) is 27.8 Å². The first-order valence-electron chi connectivity index (χ1n) is 17.2. The molecule has 44 heavy (non-hydrogen) atoms. The fraction of sp³-hybridized carbons (Fsp3) is 0.463. The molecule has 234 valence electrons. The summed E-state index contributed by atoms with van der Waals surface area (Å²) < 4.78 is 45.2. The van der Waals surface area contributed by atoms with E-state index in [0.29, 0.717) is 23.1 Å². The minimum Gasteiger partial charge on any atom is -0.206 e. The van der Waals surface area contributed by atoms with Gasteiger partial charge in [-0.25, -0.2) is 13.2 Å². The van der Waals surface area contributed by atoms with Gasteiger partial charge in [0.2, 0.25) is 0 Å². The number of allylic oxidation sites excluding steroid dienone is 4. The predicted molar refractivity (Wildman–Crippen MR) is 180 cm³/mol. The van der Waals surface area contributed by atoms with Gasteiger partial charge in [0.1, 0.15) is 5.82 Å². The third-order valence-electron chi connectivity index (χ3n) is 10.3. The Morgan fingerprint density at radius 2 is 1.43 bits per heavy atom. The normalized spacial score (nSPS) is 20.7. The lowest BCUT2D eigenvalue weighted by Crippen LogP contribution is -2.23. The summed E-state index contributed by atoms with van der Waals surface area (Å²) in [6.45, 7) is 4.24. The molecule has 1 unspecified atom stereocenters. The Morgan fingerprint density at radius 3 is 2.09 bits per heavy atom. The minimum atomic E-state index is -0.824. The van der Waals surface area contributed by atoms with Crippen molar-refractivity contribution in [2.24, 2.45) is 17.8 Å². The van der Waals surface area contributed by atoms with Gasteiger partial charge in [-0.15, -0.1) is 0 Å². The molecule has 2 aliphatic rings. The zero-order chi connectivity index (χ0) is 30.9. The zero-order valence-corrected chi connectivity index (χ0v) is 26.7. The van der Waals surface area contributed by atoms with Gasteiger partial charge in [-0.05, 0) is 110 Å². The van der Waals surface area contributed by atoms with Crippen LogP contribution < -0.4 is 0 Å². The highest BCUT2D eigenvalue weighted by atomic mass is 19.2. The molecule has 2 aliphatic carbocycles. The highest BCUT2D eigenvalue weighted by Gasteiger charge is 2.28. The summed E-state index contributed by atoms with van der Waals surface area (Å²) in [4.78, 5) is 0. The first-order chi connectivity index (χ1) is 21.5. The molecule has 3 aromatic carbocycles. The molecule has 3 aromatic rings. The Kier molecular flexibility index (Phi) is 11.6. The van der Waals surface area contributed by atoms with Crippen molar-refractivity contribution in [2.45, 2.75) is 104 Å². The van der Waals surface area contributed by atoms with Crippen molar-refractivity contribution in [1.29, 1.82) is 0 Å². The molecule has 1 atom stereocenters. The second-order valence-corrected chi connectivity index (χ2v) is 13.2. The van der Waals surface area contributed by atoms with Crippen LogP contribution in [0.1, 0.15) is 108 Å². The van der Waals surface area contributed by atoms with E-state index in [2.05, 4.69) is 13.0 Å². The summed E-state index contributed by atoms with van der Waals surface area (Å²) >= 11 is 0. The summed E-state index contributed by atoms with van der Waals surface area (Å²) in [7, 11) is 0. The summed E-state index contributed by atoms with van der Waals surface area (Å²) in [6, 6.07) is 16.0. The fourth-order valence-electron chi connectivity index (χ4n) is 7.54. The van der Waals surface area contributed by atoms with Crippen LogP contribution >= 0.6 is 0 Å². The van der Waals surface area contributed by atoms with E-state index in [1.54, 1.807) is 42.5 Å². The molecule has 0 heterocycles. The van der Waals surface area contributed by atoms with Gasteiger partial charge in [-0.2, -0.15) is 0 Å². The third-order valence-corrected chi connectivity index (χ3v) is 10.3. The van der Waals surface area contributed by atoms with Crippen LogP contribution in [0.15, 0.2) is 72.8 Å². The number of hydrogen-bond acceptors (Lipinski definition) is 0. The molecule has 5 rings (SSSR count). The van der Waals surface area contributed by atoms with Gasteiger partial charge in [0, 0.05) is 11.1 Å². The number of rotatable bonds is 12. The van der Waals surface area contributed by atoms with E-state index in [-0.39, 0.29) is 11.4 Å². The topological polar surface area (TPSA) is 0 Å². The number of benzene rings is 3. The number of unbranched alkanes of at least 4 members (excludes halogenated alkanes) is 3. The lowest BCUT2D eigenvalue weighted by atomic mass is 9.70. The van der Waals surface area contributed by atoms with Gasteiger partial charge >= 0.3 is 0 Å². The lowest BCUT2D eigenvalue weighted by molar-refractivity contribution is 0.187. The number of aryl methyl sites for hydroxylation is 1. The van der Waals surface area contributed by atoms with Gasteiger partial charge in [-0.1, -0.05) is 112 Å². The van der Waals surface area contributed by atoms with Crippen molar-refractivity contribution in [3.05, 3.63) is 101 Å². The average molecular weight is 599 g/mol. The number of hydrogen-bond donors (Lipinski definition) is 0. The maximum Gasteiger partial charge on any atom is 0.166 e. The van der Waals surface area contributed by atoms with Crippen molar-refractivity contribution in [2.75, 3.05) is 0 Å². The maximum atomic E-state index is 15.4. The highest BCUT2D eigenvalue weighted by Crippen LogP contribution is 2.42. The van der Waals surface area contributed by atoms with E-state index < -0.39 is 11.6 Å². The van der Waals surface area contributed by atoms with Gasteiger partial charge < -0.3 is 0 Å². The van der Waals surface area contributed by atoms with Crippen molar-refractivity contribution < 1.29 is 13.2 Å². The molecule has 1 fully saturated rings. The highest BCUT2D eigenvalue weighted by molar-refractivity contribution is 5.74.